The molecule has 1 aliphatic rings. The lowest BCUT2D eigenvalue weighted by Gasteiger charge is -2.28. The molecule has 0 aliphatic carbocycles. The molecule has 39 heavy (non-hydrogen) atoms. The number of alkyl halides is 3. The molecule has 3 aromatic carbocycles. The molecule has 7 nitrogen and oxygen atoms in total. The van der Waals surface area contributed by atoms with Crippen molar-refractivity contribution in [3.8, 4) is 11.4 Å². The highest BCUT2D eigenvalue weighted by Gasteiger charge is 2.43. The van der Waals surface area contributed by atoms with Crippen molar-refractivity contribution in [1.82, 2.24) is 14.7 Å². The Morgan fingerprint density at radius 1 is 1.00 bits per heavy atom. The quantitative estimate of drug-likeness (QED) is 0.260. The van der Waals surface area contributed by atoms with Crippen molar-refractivity contribution in [2.75, 3.05) is 25.6 Å². The third-order valence-electron chi connectivity index (χ3n) is 6.70. The molecule has 0 saturated heterocycles. The third-order valence-corrected chi connectivity index (χ3v) is 6.70. The van der Waals surface area contributed by atoms with Gasteiger partial charge in [-0.1, -0.05) is 30.3 Å². The number of nitrogens with zero attached hydrogens (tertiary/aromatic N) is 4. The van der Waals surface area contributed by atoms with Gasteiger partial charge < -0.3 is 14.5 Å². The first-order valence-corrected chi connectivity index (χ1v) is 12.3. The Labute approximate surface area is 223 Å². The van der Waals surface area contributed by atoms with Gasteiger partial charge in [0.05, 0.1) is 12.8 Å². The number of anilines is 1. The van der Waals surface area contributed by atoms with Gasteiger partial charge in [0, 0.05) is 37.0 Å². The number of fused-ring (bicyclic) bond motifs is 1. The Hall–Kier alpha value is -4.60. The van der Waals surface area contributed by atoms with E-state index in [0.29, 0.717) is 35.1 Å². The van der Waals surface area contributed by atoms with Gasteiger partial charge in [0.15, 0.2) is 5.69 Å². The summed E-state index contributed by atoms with van der Waals surface area (Å²) in [6, 6.07) is 23.0. The number of hydrogen-bond acceptors (Lipinski definition) is 4. The second-order valence-corrected chi connectivity index (χ2v) is 9.23. The van der Waals surface area contributed by atoms with Gasteiger partial charge >= 0.3 is 6.18 Å². The number of rotatable bonds is 6. The van der Waals surface area contributed by atoms with Gasteiger partial charge in [-0.3, -0.25) is 10.2 Å². The van der Waals surface area contributed by atoms with Crippen molar-refractivity contribution in [1.29, 1.82) is 5.41 Å². The van der Waals surface area contributed by atoms with Crippen LogP contribution < -0.4 is 9.64 Å². The SMILES string of the molecule is COc1ccc(-n2nc(C(F)(F)F)c3c2C(=O)N(c2ccc(C(=N)N(C)Cc4ccccc4)cc2)CC3)cc1. The van der Waals surface area contributed by atoms with Crippen molar-refractivity contribution >= 4 is 17.4 Å². The number of carbonyl (C=O) groups excluding carboxylic acids is 1. The number of ether oxygens (including phenoxy) is 1. The average Bonchev–Trinajstić information content (AvgIpc) is 3.35. The van der Waals surface area contributed by atoms with Crippen LogP contribution in [-0.2, 0) is 19.1 Å². The van der Waals surface area contributed by atoms with Gasteiger partial charge in [0.25, 0.3) is 5.91 Å². The summed E-state index contributed by atoms with van der Waals surface area (Å²) in [5, 5.41) is 12.4. The van der Waals surface area contributed by atoms with Crippen LogP contribution in [0.25, 0.3) is 5.69 Å². The van der Waals surface area contributed by atoms with E-state index in [4.69, 9.17) is 10.1 Å². The van der Waals surface area contributed by atoms with E-state index in [1.54, 1.807) is 48.5 Å². The first-order chi connectivity index (χ1) is 18.7. The van der Waals surface area contributed by atoms with Crippen molar-refractivity contribution in [2.45, 2.75) is 19.1 Å². The second kappa shape index (κ2) is 10.3. The molecule has 1 aromatic heterocycles. The second-order valence-electron chi connectivity index (χ2n) is 9.23. The van der Waals surface area contributed by atoms with Crippen LogP contribution in [0, 0.1) is 5.41 Å². The zero-order valence-corrected chi connectivity index (χ0v) is 21.4. The lowest BCUT2D eigenvalue weighted by atomic mass is 10.0. The van der Waals surface area contributed by atoms with Crippen molar-refractivity contribution in [2.24, 2.45) is 0 Å². The summed E-state index contributed by atoms with van der Waals surface area (Å²) in [7, 11) is 3.32. The predicted octanol–water partition coefficient (Wildman–Crippen LogP) is 5.56. The Kier molecular flexibility index (Phi) is 6.86. The molecule has 2 heterocycles. The van der Waals surface area contributed by atoms with Crippen LogP contribution in [0.4, 0.5) is 18.9 Å². The van der Waals surface area contributed by atoms with Gasteiger partial charge in [0.2, 0.25) is 0 Å². The lowest BCUT2D eigenvalue weighted by Crippen LogP contribution is -2.39. The highest BCUT2D eigenvalue weighted by Crippen LogP contribution is 2.37. The molecule has 1 amide bonds. The van der Waals surface area contributed by atoms with E-state index in [2.05, 4.69) is 5.10 Å². The molecular weight excluding hydrogens is 507 g/mol. The zero-order valence-electron chi connectivity index (χ0n) is 21.4. The summed E-state index contributed by atoms with van der Waals surface area (Å²) in [5.41, 5.74) is 1.31. The topological polar surface area (TPSA) is 74.5 Å². The van der Waals surface area contributed by atoms with Crippen molar-refractivity contribution in [3.63, 3.8) is 0 Å². The van der Waals surface area contributed by atoms with Crippen molar-refractivity contribution in [3.05, 3.63) is 107 Å². The van der Waals surface area contributed by atoms with Crippen molar-refractivity contribution < 1.29 is 22.7 Å². The molecule has 200 valence electrons. The molecule has 10 heteroatoms. The number of amides is 1. The van der Waals surface area contributed by atoms with E-state index in [1.165, 1.54) is 12.0 Å². The predicted molar refractivity (Wildman–Crippen MR) is 142 cm³/mol. The van der Waals surface area contributed by atoms with E-state index in [1.807, 2.05) is 42.3 Å². The Morgan fingerprint density at radius 3 is 2.26 bits per heavy atom. The fraction of sp³-hybridized carbons (Fsp3) is 0.207. The number of amidine groups is 1. The van der Waals surface area contributed by atoms with Crippen LogP contribution in [-0.4, -0.2) is 47.1 Å². The first-order valence-electron chi connectivity index (χ1n) is 12.3. The molecule has 0 fully saturated rings. The van der Waals surface area contributed by atoms with Crippen LogP contribution in [0.15, 0.2) is 78.9 Å². The molecule has 0 spiro atoms. The number of hydrogen-bond donors (Lipinski definition) is 1. The van der Waals surface area contributed by atoms with Gasteiger partial charge in [-0.05, 0) is 60.5 Å². The molecule has 0 bridgehead atoms. The summed E-state index contributed by atoms with van der Waals surface area (Å²) >= 11 is 0. The molecule has 1 N–H and O–H groups in total. The molecule has 1 aliphatic heterocycles. The van der Waals surface area contributed by atoms with Crippen LogP contribution in [0.1, 0.15) is 32.9 Å². The maximum absolute atomic E-state index is 13.8. The molecular formula is C29H26F3N5O2. The Bertz CT molecular complexity index is 1500. The minimum Gasteiger partial charge on any atom is -0.497 e. The standard InChI is InChI=1S/C29H26F3N5O2/c1-35(18-19-6-4-3-5-7-19)27(33)20-8-10-21(11-9-20)36-17-16-24-25(28(36)38)37(34-26(24)29(30,31)32)22-12-14-23(39-2)15-13-22/h3-15,33H,16-18H2,1-2H3. The van der Waals surface area contributed by atoms with E-state index in [0.717, 1.165) is 10.2 Å². The maximum atomic E-state index is 13.8. The molecule has 0 unspecified atom stereocenters. The van der Waals surface area contributed by atoms with Crippen LogP contribution in [0.2, 0.25) is 0 Å². The van der Waals surface area contributed by atoms with E-state index in [-0.39, 0.29) is 24.2 Å². The maximum Gasteiger partial charge on any atom is 0.435 e. The van der Waals surface area contributed by atoms with E-state index < -0.39 is 17.8 Å². The molecule has 5 rings (SSSR count). The number of halogens is 3. The van der Waals surface area contributed by atoms with Gasteiger partial charge in [0.1, 0.15) is 17.3 Å². The molecule has 0 saturated carbocycles. The first kappa shape index (κ1) is 26.0. The number of methoxy groups -OCH3 is 1. The Morgan fingerprint density at radius 2 is 1.64 bits per heavy atom. The average molecular weight is 534 g/mol. The monoisotopic (exact) mass is 533 g/mol. The van der Waals surface area contributed by atoms with E-state index in [9.17, 15) is 18.0 Å². The zero-order chi connectivity index (χ0) is 27.7. The third kappa shape index (κ3) is 5.09. The molecule has 4 aromatic rings. The lowest BCUT2D eigenvalue weighted by molar-refractivity contribution is -0.141. The fourth-order valence-corrected chi connectivity index (χ4v) is 4.70. The van der Waals surface area contributed by atoms with Crippen LogP contribution in [0.3, 0.4) is 0 Å². The van der Waals surface area contributed by atoms with Gasteiger partial charge in [-0.2, -0.15) is 18.3 Å². The summed E-state index contributed by atoms with van der Waals surface area (Å²) in [4.78, 5) is 16.9. The highest BCUT2D eigenvalue weighted by molar-refractivity contribution is 6.08. The number of benzene rings is 3. The Balaban J connectivity index is 1.42. The highest BCUT2D eigenvalue weighted by atomic mass is 19.4. The van der Waals surface area contributed by atoms with Gasteiger partial charge in [-0.15, -0.1) is 0 Å². The largest absolute Gasteiger partial charge is 0.497 e. The number of aromatic nitrogens is 2. The van der Waals surface area contributed by atoms with E-state index >= 15 is 0 Å². The smallest absolute Gasteiger partial charge is 0.435 e. The van der Waals surface area contributed by atoms with Crippen LogP contribution in [0.5, 0.6) is 5.75 Å². The fourth-order valence-electron chi connectivity index (χ4n) is 4.70. The number of nitrogens with one attached hydrogen (secondary N) is 1. The van der Waals surface area contributed by atoms with Gasteiger partial charge in [-0.25, -0.2) is 4.68 Å². The summed E-state index contributed by atoms with van der Waals surface area (Å²) in [6.07, 6.45) is -4.69. The minimum atomic E-state index is -4.70. The molecule has 0 atom stereocenters. The minimum absolute atomic E-state index is 0.00343. The summed E-state index contributed by atoms with van der Waals surface area (Å²) in [5.74, 6) is 0.271. The number of carbonyl (C=O) groups is 1. The molecule has 0 radical (unpaired) electrons. The van der Waals surface area contributed by atoms with Crippen LogP contribution >= 0.6 is 0 Å². The summed E-state index contributed by atoms with van der Waals surface area (Å²) < 4.78 is 47.8. The summed E-state index contributed by atoms with van der Waals surface area (Å²) in [6.45, 7) is 0.639. The normalized spacial score (nSPS) is 13.3.